The lowest BCUT2D eigenvalue weighted by Gasteiger charge is -2.41. The maximum atomic E-state index is 13.1. The van der Waals surface area contributed by atoms with Gasteiger partial charge in [-0.25, -0.2) is 8.42 Å². The third kappa shape index (κ3) is 4.90. The van der Waals surface area contributed by atoms with Gasteiger partial charge in [-0.3, -0.25) is 4.79 Å². The predicted octanol–water partition coefficient (Wildman–Crippen LogP) is 3.31. The van der Waals surface area contributed by atoms with Crippen molar-refractivity contribution in [1.29, 1.82) is 0 Å². The maximum Gasteiger partial charge on any atom is 0.222 e. The largest absolute Gasteiger partial charge is 0.370 e. The van der Waals surface area contributed by atoms with Crippen molar-refractivity contribution in [2.45, 2.75) is 101 Å². The van der Waals surface area contributed by atoms with Crippen LogP contribution in [-0.4, -0.2) is 66.7 Å². The van der Waals surface area contributed by atoms with Gasteiger partial charge in [-0.1, -0.05) is 19.3 Å². The van der Waals surface area contributed by atoms with Crippen molar-refractivity contribution in [1.82, 2.24) is 9.21 Å². The molecule has 6 nitrogen and oxygen atoms in total. The van der Waals surface area contributed by atoms with E-state index < -0.39 is 10.0 Å². The van der Waals surface area contributed by atoms with Crippen LogP contribution in [0.25, 0.3) is 0 Å². The second-order valence-corrected chi connectivity index (χ2v) is 11.0. The molecule has 2 aliphatic heterocycles. The van der Waals surface area contributed by atoms with Gasteiger partial charge in [-0.05, 0) is 58.8 Å². The molecular weight excluding hydrogens is 376 g/mol. The molecule has 1 amide bonds. The summed E-state index contributed by atoms with van der Waals surface area (Å²) in [4.78, 5) is 14.1. The van der Waals surface area contributed by atoms with E-state index in [1.54, 1.807) is 4.31 Å². The molecule has 1 aliphatic carbocycles. The number of carbonyl (C=O) groups excluding carboxylic acids is 1. The summed E-state index contributed by atoms with van der Waals surface area (Å²) in [6.45, 7) is 6.65. The monoisotopic (exact) mass is 414 g/mol. The molecule has 0 aromatic carbocycles. The molecule has 2 saturated heterocycles. The van der Waals surface area contributed by atoms with Gasteiger partial charge < -0.3 is 9.64 Å². The van der Waals surface area contributed by atoms with Crippen molar-refractivity contribution in [3.8, 4) is 0 Å². The number of nitrogens with zero attached hydrogens (tertiary/aromatic N) is 2. The van der Waals surface area contributed by atoms with Crippen LogP contribution in [0.2, 0.25) is 0 Å². The number of ether oxygens (including phenoxy) is 1. The van der Waals surface area contributed by atoms with Crippen LogP contribution in [0.15, 0.2) is 0 Å². The number of carbonyl (C=O) groups is 1. The highest BCUT2D eigenvalue weighted by Gasteiger charge is 2.47. The highest BCUT2D eigenvalue weighted by molar-refractivity contribution is 7.89. The molecule has 1 spiro atoms. The molecule has 0 aromatic heterocycles. The van der Waals surface area contributed by atoms with Crippen LogP contribution in [0.5, 0.6) is 0 Å². The second-order valence-electron chi connectivity index (χ2n) is 8.81. The van der Waals surface area contributed by atoms with E-state index in [9.17, 15) is 13.2 Å². The van der Waals surface area contributed by atoms with E-state index in [1.165, 1.54) is 0 Å². The van der Waals surface area contributed by atoms with E-state index in [1.807, 2.05) is 18.7 Å². The van der Waals surface area contributed by atoms with Gasteiger partial charge in [0.1, 0.15) is 0 Å². The van der Waals surface area contributed by atoms with Gasteiger partial charge in [0.05, 0.1) is 17.0 Å². The molecule has 28 heavy (non-hydrogen) atoms. The summed E-state index contributed by atoms with van der Waals surface area (Å²) in [5.74, 6) is 0.194. The van der Waals surface area contributed by atoms with Gasteiger partial charge in [0, 0.05) is 32.6 Å². The first-order chi connectivity index (χ1) is 13.4. The Morgan fingerprint density at radius 1 is 1.07 bits per heavy atom. The molecule has 0 radical (unpaired) electrons. The smallest absolute Gasteiger partial charge is 0.222 e. The van der Waals surface area contributed by atoms with Crippen LogP contribution in [0.3, 0.4) is 0 Å². The van der Waals surface area contributed by atoms with Crippen molar-refractivity contribution < 1.29 is 17.9 Å². The zero-order valence-electron chi connectivity index (χ0n) is 17.7. The second kappa shape index (κ2) is 9.43. The predicted molar refractivity (Wildman–Crippen MR) is 111 cm³/mol. The minimum atomic E-state index is -3.22. The average molecular weight is 415 g/mol. The molecule has 1 saturated carbocycles. The first kappa shape index (κ1) is 22.0. The highest BCUT2D eigenvalue weighted by Crippen LogP contribution is 2.40. The van der Waals surface area contributed by atoms with Gasteiger partial charge in [0.25, 0.3) is 0 Å². The van der Waals surface area contributed by atoms with Crippen molar-refractivity contribution in [3.05, 3.63) is 0 Å². The molecule has 7 heteroatoms. The maximum absolute atomic E-state index is 13.1. The lowest BCUT2D eigenvalue weighted by molar-refractivity contribution is -0.132. The number of amides is 1. The first-order valence-corrected chi connectivity index (χ1v) is 12.8. The van der Waals surface area contributed by atoms with Crippen LogP contribution < -0.4 is 0 Å². The fourth-order valence-corrected chi connectivity index (χ4v) is 7.42. The Morgan fingerprint density at radius 3 is 2.46 bits per heavy atom. The van der Waals surface area contributed by atoms with Crippen molar-refractivity contribution in [2.24, 2.45) is 0 Å². The standard InChI is InChI=1S/C21H38N2O4S/c1-3-22(4-2)20(24)12-11-18-13-15-21(27-18)14-8-16-23(17-21)28(25,26)19-9-6-5-7-10-19/h18-19H,3-17H2,1-2H3/t18-,21+/m1/s1. The Balaban J connectivity index is 1.55. The number of piperidine rings is 1. The average Bonchev–Trinajstić information content (AvgIpc) is 3.10. The Bertz CT molecular complexity index is 628. The van der Waals surface area contributed by atoms with Crippen LogP contribution in [0.1, 0.15) is 84.5 Å². The minimum absolute atomic E-state index is 0.0804. The fraction of sp³-hybridized carbons (Fsp3) is 0.952. The molecule has 2 heterocycles. The number of sulfonamides is 1. The van der Waals surface area contributed by atoms with E-state index in [0.29, 0.717) is 19.5 Å². The summed E-state index contributed by atoms with van der Waals surface area (Å²) in [7, 11) is -3.22. The lowest BCUT2D eigenvalue weighted by atomic mass is 9.91. The van der Waals surface area contributed by atoms with Crippen LogP contribution in [-0.2, 0) is 19.6 Å². The molecule has 0 aromatic rings. The summed E-state index contributed by atoms with van der Waals surface area (Å²) < 4.78 is 34.4. The van der Waals surface area contributed by atoms with Crippen LogP contribution in [0, 0.1) is 0 Å². The van der Waals surface area contributed by atoms with E-state index in [4.69, 9.17) is 4.74 Å². The number of hydrogen-bond acceptors (Lipinski definition) is 4. The van der Waals surface area contributed by atoms with E-state index in [0.717, 1.165) is 77.3 Å². The highest BCUT2D eigenvalue weighted by atomic mass is 32.2. The molecule has 0 unspecified atom stereocenters. The zero-order valence-corrected chi connectivity index (χ0v) is 18.5. The Labute approximate surface area is 171 Å². The van der Waals surface area contributed by atoms with Crippen molar-refractivity contribution in [2.75, 3.05) is 26.2 Å². The third-order valence-corrected chi connectivity index (χ3v) is 9.32. The summed E-state index contributed by atoms with van der Waals surface area (Å²) in [6, 6.07) is 0. The zero-order chi connectivity index (χ0) is 20.2. The Kier molecular flexibility index (Phi) is 7.42. The molecule has 2 atom stereocenters. The number of rotatable bonds is 7. The van der Waals surface area contributed by atoms with Gasteiger partial charge in [-0.15, -0.1) is 0 Å². The quantitative estimate of drug-likeness (QED) is 0.641. The van der Waals surface area contributed by atoms with Crippen LogP contribution in [0.4, 0.5) is 0 Å². The summed E-state index contributed by atoms with van der Waals surface area (Å²) in [6.07, 6.45) is 9.83. The van der Waals surface area contributed by atoms with E-state index in [-0.39, 0.29) is 22.9 Å². The van der Waals surface area contributed by atoms with Gasteiger partial charge in [0.2, 0.25) is 15.9 Å². The Hall–Kier alpha value is -0.660. The normalized spacial score (nSPS) is 30.0. The lowest BCUT2D eigenvalue weighted by Crippen LogP contribution is -2.52. The van der Waals surface area contributed by atoms with Crippen molar-refractivity contribution >= 4 is 15.9 Å². The van der Waals surface area contributed by atoms with Crippen LogP contribution >= 0.6 is 0 Å². The summed E-state index contributed by atoms with van der Waals surface area (Å²) in [5, 5.41) is -0.194. The summed E-state index contributed by atoms with van der Waals surface area (Å²) in [5.41, 5.74) is -0.330. The molecule has 0 bridgehead atoms. The molecule has 0 N–H and O–H groups in total. The van der Waals surface area contributed by atoms with Gasteiger partial charge >= 0.3 is 0 Å². The molecule has 3 aliphatic rings. The number of hydrogen-bond donors (Lipinski definition) is 0. The molecule has 3 fully saturated rings. The van der Waals surface area contributed by atoms with E-state index >= 15 is 0 Å². The third-order valence-electron chi connectivity index (χ3n) is 6.97. The van der Waals surface area contributed by atoms with Gasteiger partial charge in [0.15, 0.2) is 0 Å². The fourth-order valence-electron chi connectivity index (χ4n) is 5.27. The topological polar surface area (TPSA) is 66.9 Å². The molecular formula is C21H38N2O4S. The summed E-state index contributed by atoms with van der Waals surface area (Å²) >= 11 is 0. The minimum Gasteiger partial charge on any atom is -0.370 e. The van der Waals surface area contributed by atoms with Gasteiger partial charge in [-0.2, -0.15) is 4.31 Å². The SMILES string of the molecule is CCN(CC)C(=O)CC[C@@H]1CC[C@]2(CCCN(S(=O)(=O)C3CCCCC3)C2)O1. The first-order valence-electron chi connectivity index (χ1n) is 11.3. The van der Waals surface area contributed by atoms with E-state index in [2.05, 4.69) is 0 Å². The Morgan fingerprint density at radius 2 is 1.79 bits per heavy atom. The van der Waals surface area contributed by atoms with Crippen molar-refractivity contribution in [3.63, 3.8) is 0 Å². The molecule has 3 rings (SSSR count). The molecule has 162 valence electrons.